The van der Waals surface area contributed by atoms with E-state index in [2.05, 4.69) is 15.4 Å². The average molecular weight is 481 g/mol. The Morgan fingerprint density at radius 2 is 1.69 bits per heavy atom. The van der Waals surface area contributed by atoms with Gasteiger partial charge in [0.1, 0.15) is 5.69 Å². The molecule has 0 spiro atoms. The summed E-state index contributed by atoms with van der Waals surface area (Å²) in [4.78, 5) is 16.8. The van der Waals surface area contributed by atoms with Gasteiger partial charge >= 0.3 is 6.18 Å². The quantitative estimate of drug-likeness (QED) is 0.495. The van der Waals surface area contributed by atoms with Crippen molar-refractivity contribution in [2.24, 2.45) is 23.2 Å². The Morgan fingerprint density at radius 3 is 2.26 bits per heavy atom. The molecule has 4 aliphatic carbocycles. The maximum atomic E-state index is 13.7. The minimum Gasteiger partial charge on any atom is -0.351 e. The number of amides is 1. The van der Waals surface area contributed by atoms with Crippen molar-refractivity contribution in [3.8, 4) is 16.9 Å². The summed E-state index contributed by atoms with van der Waals surface area (Å²) in [5, 5.41) is 7.32. The lowest BCUT2D eigenvalue weighted by Crippen LogP contribution is -2.51. The molecule has 35 heavy (non-hydrogen) atoms. The van der Waals surface area contributed by atoms with Gasteiger partial charge in [-0.2, -0.15) is 18.3 Å². The standard InChI is InChI=1S/C27H27F3N4O/c28-27(29,30)24-11-23(21-2-1-7-31-15-21)33-34(24)22-5-3-20(4-6-22)25(35)32-16-26-12-17-8-18(13-26)10-19(9-17)14-26/h1-7,11,15,17-19H,8-10,12-14,16H2,(H,32,35). The smallest absolute Gasteiger partial charge is 0.351 e. The van der Waals surface area contributed by atoms with Crippen LogP contribution < -0.4 is 5.32 Å². The van der Waals surface area contributed by atoms with Gasteiger partial charge in [-0.25, -0.2) is 4.68 Å². The fourth-order valence-electron chi connectivity index (χ4n) is 7.07. The van der Waals surface area contributed by atoms with Crippen LogP contribution in [0, 0.1) is 23.2 Å². The van der Waals surface area contributed by atoms with E-state index in [1.54, 1.807) is 30.5 Å². The largest absolute Gasteiger partial charge is 0.433 e. The van der Waals surface area contributed by atoms with Crippen LogP contribution in [0.5, 0.6) is 0 Å². The van der Waals surface area contributed by atoms with E-state index in [4.69, 9.17) is 0 Å². The number of alkyl halides is 3. The first-order valence-corrected chi connectivity index (χ1v) is 12.2. The van der Waals surface area contributed by atoms with Gasteiger partial charge in [-0.05, 0) is 104 Å². The van der Waals surface area contributed by atoms with Crippen molar-refractivity contribution in [2.45, 2.75) is 44.7 Å². The van der Waals surface area contributed by atoms with E-state index in [0.29, 0.717) is 17.7 Å². The monoisotopic (exact) mass is 480 g/mol. The second-order valence-corrected chi connectivity index (χ2v) is 10.7. The number of hydrogen-bond acceptors (Lipinski definition) is 3. The molecule has 4 aliphatic rings. The highest BCUT2D eigenvalue weighted by Gasteiger charge is 2.50. The third-order valence-corrected chi connectivity index (χ3v) is 8.12. The fraction of sp³-hybridized carbons (Fsp3) is 0.444. The van der Waals surface area contributed by atoms with Crippen LogP contribution in [0.4, 0.5) is 13.2 Å². The summed E-state index contributed by atoms with van der Waals surface area (Å²) in [5.41, 5.74) is 0.705. The predicted molar refractivity (Wildman–Crippen MR) is 125 cm³/mol. The van der Waals surface area contributed by atoms with E-state index >= 15 is 0 Å². The Labute approximate surface area is 201 Å². The molecule has 7 rings (SSSR count). The molecule has 1 aromatic carbocycles. The van der Waals surface area contributed by atoms with Crippen LogP contribution in [0.1, 0.15) is 54.6 Å². The van der Waals surface area contributed by atoms with Gasteiger partial charge in [0.25, 0.3) is 5.91 Å². The minimum atomic E-state index is -4.58. The van der Waals surface area contributed by atoms with Crippen molar-refractivity contribution in [1.29, 1.82) is 0 Å². The van der Waals surface area contributed by atoms with E-state index in [-0.39, 0.29) is 22.7 Å². The lowest BCUT2D eigenvalue weighted by atomic mass is 9.49. The second-order valence-electron chi connectivity index (χ2n) is 10.7. The maximum Gasteiger partial charge on any atom is 0.433 e. The molecule has 0 saturated heterocycles. The van der Waals surface area contributed by atoms with E-state index in [1.807, 2.05) is 0 Å². The molecule has 2 aromatic heterocycles. The molecule has 0 unspecified atom stereocenters. The number of rotatable bonds is 5. The zero-order chi connectivity index (χ0) is 24.2. The molecular formula is C27H27F3N4O. The first-order valence-electron chi connectivity index (χ1n) is 12.2. The van der Waals surface area contributed by atoms with E-state index < -0.39 is 11.9 Å². The van der Waals surface area contributed by atoms with Crippen LogP contribution in [-0.4, -0.2) is 27.2 Å². The molecule has 8 heteroatoms. The van der Waals surface area contributed by atoms with Crippen LogP contribution in [-0.2, 0) is 6.18 Å². The molecule has 0 aliphatic heterocycles. The number of aromatic nitrogens is 3. The van der Waals surface area contributed by atoms with Gasteiger partial charge in [0.05, 0.1) is 11.4 Å². The number of carbonyl (C=O) groups is 1. The molecule has 0 radical (unpaired) electrons. The summed E-state index contributed by atoms with van der Waals surface area (Å²) in [6, 6.07) is 10.5. The predicted octanol–water partition coefficient (Wildman–Crippen LogP) is 5.90. The minimum absolute atomic E-state index is 0.181. The number of nitrogens with zero attached hydrogens (tertiary/aromatic N) is 3. The lowest BCUT2D eigenvalue weighted by molar-refractivity contribution is -0.142. The number of pyridine rings is 1. The third-order valence-electron chi connectivity index (χ3n) is 8.12. The molecule has 4 saturated carbocycles. The Morgan fingerprint density at radius 1 is 1.03 bits per heavy atom. The first-order chi connectivity index (χ1) is 16.8. The van der Waals surface area contributed by atoms with Crippen LogP contribution in [0.15, 0.2) is 54.9 Å². The third kappa shape index (κ3) is 4.23. The van der Waals surface area contributed by atoms with Crippen LogP contribution >= 0.6 is 0 Å². The molecule has 182 valence electrons. The van der Waals surface area contributed by atoms with Crippen molar-refractivity contribution in [1.82, 2.24) is 20.1 Å². The lowest BCUT2D eigenvalue weighted by Gasteiger charge is -2.56. The highest BCUT2D eigenvalue weighted by Crippen LogP contribution is 2.59. The van der Waals surface area contributed by atoms with Crippen LogP contribution in [0.25, 0.3) is 16.9 Å². The normalized spacial score (nSPS) is 27.2. The molecule has 1 N–H and O–H groups in total. The number of nitrogens with one attached hydrogen (secondary N) is 1. The molecule has 2 heterocycles. The Bertz CT molecular complexity index is 1200. The zero-order valence-corrected chi connectivity index (χ0v) is 19.3. The van der Waals surface area contributed by atoms with Crippen molar-refractivity contribution in [3.05, 3.63) is 66.1 Å². The van der Waals surface area contributed by atoms with Crippen molar-refractivity contribution in [2.75, 3.05) is 6.54 Å². The first kappa shape index (κ1) is 22.3. The highest BCUT2D eigenvalue weighted by molar-refractivity contribution is 5.94. The van der Waals surface area contributed by atoms with E-state index in [0.717, 1.165) is 28.5 Å². The summed E-state index contributed by atoms with van der Waals surface area (Å²) in [5.74, 6) is 2.25. The van der Waals surface area contributed by atoms with E-state index in [9.17, 15) is 18.0 Å². The van der Waals surface area contributed by atoms with E-state index in [1.165, 1.54) is 56.9 Å². The highest BCUT2D eigenvalue weighted by atomic mass is 19.4. The molecule has 3 aromatic rings. The fourth-order valence-corrected chi connectivity index (χ4v) is 7.07. The number of carbonyl (C=O) groups excluding carboxylic acids is 1. The number of hydrogen-bond donors (Lipinski definition) is 1. The van der Waals surface area contributed by atoms with Crippen LogP contribution in [0.3, 0.4) is 0 Å². The van der Waals surface area contributed by atoms with Crippen molar-refractivity contribution in [3.63, 3.8) is 0 Å². The summed E-state index contributed by atoms with van der Waals surface area (Å²) in [6.45, 7) is 0.683. The number of halogens is 3. The van der Waals surface area contributed by atoms with Crippen LogP contribution in [0.2, 0.25) is 0 Å². The topological polar surface area (TPSA) is 59.8 Å². The molecule has 0 atom stereocenters. The Kier molecular flexibility index (Phi) is 5.23. The summed E-state index contributed by atoms with van der Waals surface area (Å²) in [7, 11) is 0. The summed E-state index contributed by atoms with van der Waals surface area (Å²) < 4.78 is 42.1. The molecular weight excluding hydrogens is 453 g/mol. The van der Waals surface area contributed by atoms with Crippen molar-refractivity contribution < 1.29 is 18.0 Å². The summed E-state index contributed by atoms with van der Waals surface area (Å²) in [6.07, 6.45) is 6.12. The SMILES string of the molecule is O=C(NCC12CC3CC(CC(C3)C1)C2)c1ccc(-n2nc(-c3cccnc3)cc2C(F)(F)F)cc1. The maximum absolute atomic E-state index is 13.7. The molecule has 4 bridgehead atoms. The number of benzene rings is 1. The Hall–Kier alpha value is -3.16. The second kappa shape index (κ2) is 8.21. The molecule has 4 fully saturated rings. The average Bonchev–Trinajstić information content (AvgIpc) is 3.29. The van der Waals surface area contributed by atoms with Gasteiger partial charge in [0, 0.05) is 30.1 Å². The Balaban J connectivity index is 1.20. The zero-order valence-electron chi connectivity index (χ0n) is 19.3. The summed E-state index contributed by atoms with van der Waals surface area (Å²) >= 11 is 0. The van der Waals surface area contributed by atoms with Gasteiger partial charge in [-0.15, -0.1) is 0 Å². The van der Waals surface area contributed by atoms with Gasteiger partial charge in [0.15, 0.2) is 0 Å². The van der Waals surface area contributed by atoms with Crippen molar-refractivity contribution >= 4 is 5.91 Å². The molecule has 1 amide bonds. The molecule has 5 nitrogen and oxygen atoms in total. The van der Waals surface area contributed by atoms with Gasteiger partial charge in [0.2, 0.25) is 0 Å². The van der Waals surface area contributed by atoms with Gasteiger partial charge in [-0.1, -0.05) is 0 Å². The van der Waals surface area contributed by atoms with Gasteiger partial charge < -0.3 is 5.32 Å². The van der Waals surface area contributed by atoms with Gasteiger partial charge in [-0.3, -0.25) is 9.78 Å².